The van der Waals surface area contributed by atoms with Gasteiger partial charge < -0.3 is 5.32 Å². The van der Waals surface area contributed by atoms with Gasteiger partial charge in [0.2, 0.25) is 0 Å². The first-order chi connectivity index (χ1) is 7.16. The molecule has 1 N–H and O–H groups in total. The first kappa shape index (κ1) is 10.8. The van der Waals surface area contributed by atoms with Gasteiger partial charge in [0.05, 0.1) is 0 Å². The topological polar surface area (TPSA) is 29.1 Å². The molecule has 15 heavy (non-hydrogen) atoms. The van der Waals surface area contributed by atoms with Gasteiger partial charge in [0.15, 0.2) is 0 Å². The van der Waals surface area contributed by atoms with E-state index in [0.717, 1.165) is 12.1 Å². The summed E-state index contributed by atoms with van der Waals surface area (Å²) < 4.78 is 24.6. The fourth-order valence-corrected chi connectivity index (χ4v) is 2.98. The van der Waals surface area contributed by atoms with Crippen molar-refractivity contribution in [1.82, 2.24) is 5.32 Å². The predicted octanol–water partition coefficient (Wildman–Crippen LogP) is 1.61. The highest BCUT2D eigenvalue weighted by Crippen LogP contribution is 2.19. The highest BCUT2D eigenvalue weighted by molar-refractivity contribution is 7.85. The van der Waals surface area contributed by atoms with Gasteiger partial charge in [-0.3, -0.25) is 4.21 Å². The summed E-state index contributed by atoms with van der Waals surface area (Å²) in [5.74, 6) is 0.337. The van der Waals surface area contributed by atoms with Crippen molar-refractivity contribution in [3.63, 3.8) is 0 Å². The predicted molar refractivity (Wildman–Crippen MR) is 59.6 cm³/mol. The molecule has 1 aromatic rings. The van der Waals surface area contributed by atoms with Crippen LogP contribution in [0.15, 0.2) is 24.3 Å². The second kappa shape index (κ2) is 4.41. The Morgan fingerprint density at radius 2 is 2.33 bits per heavy atom. The lowest BCUT2D eigenvalue weighted by molar-refractivity contribution is 0.535. The van der Waals surface area contributed by atoms with E-state index >= 15 is 0 Å². The molecular formula is C11H14FNOS. The van der Waals surface area contributed by atoms with Crippen LogP contribution in [0.4, 0.5) is 4.39 Å². The van der Waals surface area contributed by atoms with Gasteiger partial charge in [-0.25, -0.2) is 4.39 Å². The van der Waals surface area contributed by atoms with Crippen LogP contribution in [0.25, 0.3) is 0 Å². The Labute approximate surface area is 91.3 Å². The Hall–Kier alpha value is -0.740. The zero-order valence-corrected chi connectivity index (χ0v) is 9.39. The fourth-order valence-electron chi connectivity index (χ4n) is 1.73. The van der Waals surface area contributed by atoms with E-state index in [1.165, 1.54) is 12.1 Å². The SMILES string of the molecule is CC1CNC(c2cccc(F)c2)CS1=O. The molecule has 1 heterocycles. The van der Waals surface area contributed by atoms with Gasteiger partial charge in [-0.05, 0) is 24.6 Å². The van der Waals surface area contributed by atoms with Gasteiger partial charge in [-0.1, -0.05) is 12.1 Å². The maximum atomic E-state index is 13.0. The van der Waals surface area contributed by atoms with E-state index < -0.39 is 10.8 Å². The second-order valence-electron chi connectivity index (χ2n) is 3.87. The van der Waals surface area contributed by atoms with E-state index in [2.05, 4.69) is 5.32 Å². The second-order valence-corrected chi connectivity index (χ2v) is 5.77. The summed E-state index contributed by atoms with van der Waals surface area (Å²) in [4.78, 5) is 0. The van der Waals surface area contributed by atoms with Crippen molar-refractivity contribution in [3.05, 3.63) is 35.6 Å². The van der Waals surface area contributed by atoms with Crippen LogP contribution in [0.2, 0.25) is 0 Å². The average Bonchev–Trinajstić information content (AvgIpc) is 2.22. The smallest absolute Gasteiger partial charge is 0.123 e. The van der Waals surface area contributed by atoms with E-state index in [1.54, 1.807) is 6.07 Å². The zero-order valence-electron chi connectivity index (χ0n) is 8.57. The van der Waals surface area contributed by atoms with Gasteiger partial charge in [0.25, 0.3) is 0 Å². The number of benzene rings is 1. The lowest BCUT2D eigenvalue weighted by Crippen LogP contribution is -2.41. The molecule has 0 amide bonds. The van der Waals surface area contributed by atoms with Crippen LogP contribution in [-0.2, 0) is 10.8 Å². The van der Waals surface area contributed by atoms with Crippen LogP contribution in [0.3, 0.4) is 0 Å². The molecule has 0 aliphatic carbocycles. The van der Waals surface area contributed by atoms with Crippen LogP contribution < -0.4 is 5.32 Å². The molecule has 0 aromatic heterocycles. The molecule has 3 atom stereocenters. The Kier molecular flexibility index (Phi) is 3.17. The summed E-state index contributed by atoms with van der Waals surface area (Å²) in [7, 11) is -0.807. The quantitative estimate of drug-likeness (QED) is 0.789. The van der Waals surface area contributed by atoms with E-state index in [-0.39, 0.29) is 17.1 Å². The van der Waals surface area contributed by atoms with Crippen LogP contribution in [0.1, 0.15) is 18.5 Å². The molecule has 1 saturated heterocycles. The molecule has 0 radical (unpaired) electrons. The van der Waals surface area contributed by atoms with E-state index in [0.29, 0.717) is 5.75 Å². The van der Waals surface area contributed by atoms with Crippen LogP contribution in [0, 0.1) is 5.82 Å². The maximum Gasteiger partial charge on any atom is 0.123 e. The number of nitrogens with one attached hydrogen (secondary N) is 1. The van der Waals surface area contributed by atoms with E-state index in [9.17, 15) is 8.60 Å². The molecule has 4 heteroatoms. The van der Waals surface area contributed by atoms with E-state index in [4.69, 9.17) is 0 Å². The van der Waals surface area contributed by atoms with Crippen molar-refractivity contribution in [1.29, 1.82) is 0 Å². The van der Waals surface area contributed by atoms with Gasteiger partial charge in [-0.2, -0.15) is 0 Å². The lowest BCUT2D eigenvalue weighted by atomic mass is 10.1. The highest BCUT2D eigenvalue weighted by Gasteiger charge is 2.24. The first-order valence-corrected chi connectivity index (χ1v) is 6.41. The molecule has 0 bridgehead atoms. The lowest BCUT2D eigenvalue weighted by Gasteiger charge is -2.27. The third kappa shape index (κ3) is 2.44. The van der Waals surface area contributed by atoms with Gasteiger partial charge >= 0.3 is 0 Å². The summed E-state index contributed by atoms with van der Waals surface area (Å²) in [6, 6.07) is 6.51. The van der Waals surface area contributed by atoms with Crippen molar-refractivity contribution in [2.45, 2.75) is 18.2 Å². The molecule has 2 nitrogen and oxygen atoms in total. The van der Waals surface area contributed by atoms with Crippen LogP contribution in [0.5, 0.6) is 0 Å². The number of hydrogen-bond donors (Lipinski definition) is 1. The third-order valence-corrected chi connectivity index (χ3v) is 4.41. The Morgan fingerprint density at radius 3 is 3.00 bits per heavy atom. The Morgan fingerprint density at radius 1 is 1.53 bits per heavy atom. The first-order valence-electron chi connectivity index (χ1n) is 5.03. The van der Waals surface area contributed by atoms with E-state index in [1.807, 2.05) is 13.0 Å². The Bertz CT molecular complexity index is 383. The third-order valence-electron chi connectivity index (χ3n) is 2.68. The standard InChI is InChI=1S/C11H14FNOS/c1-8-6-13-11(7-15(8)14)9-3-2-4-10(12)5-9/h2-5,8,11,13H,6-7H2,1H3. The summed E-state index contributed by atoms with van der Waals surface area (Å²) in [6.45, 7) is 2.69. The van der Waals surface area contributed by atoms with Crippen molar-refractivity contribution < 1.29 is 8.60 Å². The zero-order chi connectivity index (χ0) is 10.8. The molecule has 1 fully saturated rings. The van der Waals surface area contributed by atoms with Crippen LogP contribution in [-0.4, -0.2) is 21.8 Å². The average molecular weight is 227 g/mol. The molecule has 1 aliphatic rings. The number of rotatable bonds is 1. The maximum absolute atomic E-state index is 13.0. The fraction of sp³-hybridized carbons (Fsp3) is 0.455. The number of hydrogen-bond acceptors (Lipinski definition) is 2. The van der Waals surface area contributed by atoms with Crippen molar-refractivity contribution >= 4 is 10.8 Å². The van der Waals surface area contributed by atoms with Gasteiger partial charge in [0.1, 0.15) is 5.82 Å². The van der Waals surface area contributed by atoms with Gasteiger partial charge in [0, 0.05) is 34.4 Å². The molecule has 2 rings (SSSR count). The van der Waals surface area contributed by atoms with Crippen LogP contribution >= 0.6 is 0 Å². The van der Waals surface area contributed by atoms with Crippen molar-refractivity contribution in [3.8, 4) is 0 Å². The molecule has 1 aromatic carbocycles. The summed E-state index contributed by atoms with van der Waals surface area (Å²) in [5.41, 5.74) is 0.884. The summed E-state index contributed by atoms with van der Waals surface area (Å²) in [5, 5.41) is 3.47. The largest absolute Gasteiger partial charge is 0.308 e. The minimum absolute atomic E-state index is 0.0257. The molecular weight excluding hydrogens is 213 g/mol. The van der Waals surface area contributed by atoms with Gasteiger partial charge in [-0.15, -0.1) is 0 Å². The van der Waals surface area contributed by atoms with Crippen molar-refractivity contribution in [2.24, 2.45) is 0 Å². The highest BCUT2D eigenvalue weighted by atomic mass is 32.2. The monoisotopic (exact) mass is 227 g/mol. The molecule has 3 unspecified atom stereocenters. The molecule has 1 aliphatic heterocycles. The molecule has 0 saturated carbocycles. The minimum Gasteiger partial charge on any atom is -0.308 e. The molecule has 82 valence electrons. The van der Waals surface area contributed by atoms with Crippen molar-refractivity contribution in [2.75, 3.05) is 12.3 Å². The minimum atomic E-state index is -0.807. The summed E-state index contributed by atoms with van der Waals surface area (Å²) >= 11 is 0. The normalized spacial score (nSPS) is 31.5. The molecule has 0 spiro atoms. The number of halogens is 1. The summed E-state index contributed by atoms with van der Waals surface area (Å²) in [6.07, 6.45) is 0. The Balaban J connectivity index is 2.15.